The van der Waals surface area contributed by atoms with Crippen LogP contribution >= 0.6 is 0 Å². The fraction of sp³-hybridized carbons (Fsp3) is 0.357. The van der Waals surface area contributed by atoms with E-state index in [1.165, 1.54) is 6.07 Å². The zero-order chi connectivity index (χ0) is 14.0. The molecule has 2 N–H and O–H groups in total. The maximum atomic E-state index is 13.2. The summed E-state index contributed by atoms with van der Waals surface area (Å²) in [5.74, 6) is -1.20. The smallest absolute Gasteiger partial charge is 0.159 e. The van der Waals surface area contributed by atoms with Gasteiger partial charge in [0, 0.05) is 18.3 Å². The van der Waals surface area contributed by atoms with Crippen molar-refractivity contribution in [2.45, 2.75) is 26.8 Å². The molecule has 2 rings (SSSR count). The molecule has 5 heteroatoms. The Morgan fingerprint density at radius 3 is 2.63 bits per heavy atom. The number of nitrogens with two attached hydrogens (primary N) is 1. The van der Waals surface area contributed by atoms with Crippen LogP contribution < -0.4 is 5.73 Å². The van der Waals surface area contributed by atoms with Crippen molar-refractivity contribution in [2.75, 3.05) is 5.73 Å². The maximum absolute atomic E-state index is 13.2. The lowest BCUT2D eigenvalue weighted by Gasteiger charge is -2.04. The number of hydrogen-bond donors (Lipinski definition) is 1. The molecule has 0 saturated heterocycles. The normalized spacial score (nSPS) is 11.2. The summed E-state index contributed by atoms with van der Waals surface area (Å²) in [5.41, 5.74) is 7.31. The fourth-order valence-electron chi connectivity index (χ4n) is 1.81. The topological polar surface area (TPSA) is 43.8 Å². The van der Waals surface area contributed by atoms with Gasteiger partial charge < -0.3 is 5.73 Å². The third kappa shape index (κ3) is 3.10. The van der Waals surface area contributed by atoms with Crippen molar-refractivity contribution in [3.05, 3.63) is 36.0 Å². The molecule has 1 heterocycles. The molecule has 0 spiro atoms. The Labute approximate surface area is 111 Å². The Hall–Kier alpha value is -1.91. The predicted molar refractivity (Wildman–Crippen MR) is 71.4 cm³/mol. The first kappa shape index (κ1) is 13.5. The Morgan fingerprint density at radius 2 is 2.00 bits per heavy atom. The van der Waals surface area contributed by atoms with E-state index in [4.69, 9.17) is 5.73 Å². The van der Waals surface area contributed by atoms with Gasteiger partial charge in [-0.3, -0.25) is 4.68 Å². The largest absolute Gasteiger partial charge is 0.396 e. The lowest BCUT2D eigenvalue weighted by molar-refractivity contribution is 0.488. The molecule has 1 aromatic carbocycles. The molecular formula is C14H17F2N3. The third-order valence-corrected chi connectivity index (χ3v) is 2.92. The van der Waals surface area contributed by atoms with Gasteiger partial charge in [0.25, 0.3) is 0 Å². The summed E-state index contributed by atoms with van der Waals surface area (Å²) < 4.78 is 27.8. The van der Waals surface area contributed by atoms with Crippen LogP contribution in [-0.2, 0) is 6.54 Å². The molecule has 0 radical (unpaired) electrons. The number of benzene rings is 1. The molecule has 0 aliphatic heterocycles. The Kier molecular flexibility index (Phi) is 3.83. The molecule has 0 amide bonds. The highest BCUT2D eigenvalue weighted by Gasteiger charge is 2.11. The molecule has 0 aliphatic carbocycles. The Balaban J connectivity index is 2.27. The van der Waals surface area contributed by atoms with Gasteiger partial charge in [-0.05, 0) is 30.5 Å². The van der Waals surface area contributed by atoms with Crippen LogP contribution in [0.5, 0.6) is 0 Å². The second kappa shape index (κ2) is 5.38. The first-order chi connectivity index (χ1) is 8.97. The molecule has 0 saturated carbocycles. The van der Waals surface area contributed by atoms with Gasteiger partial charge in [-0.2, -0.15) is 5.10 Å². The minimum Gasteiger partial charge on any atom is -0.396 e. The third-order valence-electron chi connectivity index (χ3n) is 2.92. The van der Waals surface area contributed by atoms with E-state index in [-0.39, 0.29) is 0 Å². The van der Waals surface area contributed by atoms with Gasteiger partial charge in [-0.15, -0.1) is 0 Å². The van der Waals surface area contributed by atoms with Crippen molar-refractivity contribution in [1.29, 1.82) is 0 Å². The number of nitrogen functional groups attached to an aromatic ring is 1. The van der Waals surface area contributed by atoms with Crippen molar-refractivity contribution in [1.82, 2.24) is 9.78 Å². The van der Waals surface area contributed by atoms with E-state index in [0.29, 0.717) is 22.9 Å². The number of anilines is 1. The van der Waals surface area contributed by atoms with Gasteiger partial charge in [0.1, 0.15) is 5.69 Å². The van der Waals surface area contributed by atoms with Crippen LogP contribution in [0.2, 0.25) is 0 Å². The van der Waals surface area contributed by atoms with Crippen LogP contribution in [0.4, 0.5) is 14.5 Å². The van der Waals surface area contributed by atoms with E-state index in [1.807, 2.05) is 0 Å². The first-order valence-corrected chi connectivity index (χ1v) is 6.25. The van der Waals surface area contributed by atoms with Gasteiger partial charge in [0.05, 0.1) is 5.69 Å². The summed E-state index contributed by atoms with van der Waals surface area (Å²) in [7, 11) is 0. The Bertz CT molecular complexity index is 576. The standard InChI is InChI=1S/C14H17F2N3/c1-9(2)5-6-19-8-13(17)14(18-19)10-3-4-11(15)12(16)7-10/h3-4,7-9H,5-6,17H2,1-2H3. The molecule has 0 fully saturated rings. The monoisotopic (exact) mass is 265 g/mol. The second-order valence-corrected chi connectivity index (χ2v) is 5.01. The summed E-state index contributed by atoms with van der Waals surface area (Å²) in [5, 5.41) is 4.33. The molecular weight excluding hydrogens is 248 g/mol. The van der Waals surface area contributed by atoms with Gasteiger partial charge in [-0.25, -0.2) is 8.78 Å². The minimum absolute atomic E-state index is 0.467. The van der Waals surface area contributed by atoms with E-state index in [1.54, 1.807) is 10.9 Å². The molecule has 0 aliphatic rings. The number of halogens is 2. The average Bonchev–Trinajstić information content (AvgIpc) is 2.72. The highest BCUT2D eigenvalue weighted by atomic mass is 19.2. The van der Waals surface area contributed by atoms with Crippen LogP contribution in [0.25, 0.3) is 11.3 Å². The molecule has 102 valence electrons. The quantitative estimate of drug-likeness (QED) is 0.920. The minimum atomic E-state index is -0.895. The van der Waals surface area contributed by atoms with Crippen molar-refractivity contribution >= 4 is 5.69 Å². The van der Waals surface area contributed by atoms with Gasteiger partial charge in [0.2, 0.25) is 0 Å². The van der Waals surface area contributed by atoms with E-state index < -0.39 is 11.6 Å². The molecule has 3 nitrogen and oxygen atoms in total. The van der Waals surface area contributed by atoms with Gasteiger partial charge >= 0.3 is 0 Å². The number of hydrogen-bond acceptors (Lipinski definition) is 2. The van der Waals surface area contributed by atoms with E-state index in [2.05, 4.69) is 18.9 Å². The van der Waals surface area contributed by atoms with Crippen molar-refractivity contribution in [3.8, 4) is 11.3 Å². The SMILES string of the molecule is CC(C)CCn1cc(N)c(-c2ccc(F)c(F)c2)n1. The van der Waals surface area contributed by atoms with Crippen molar-refractivity contribution in [3.63, 3.8) is 0 Å². The fourth-order valence-corrected chi connectivity index (χ4v) is 1.81. The zero-order valence-corrected chi connectivity index (χ0v) is 11.0. The highest BCUT2D eigenvalue weighted by molar-refractivity contribution is 5.71. The van der Waals surface area contributed by atoms with Crippen molar-refractivity contribution in [2.24, 2.45) is 5.92 Å². The zero-order valence-electron chi connectivity index (χ0n) is 11.0. The summed E-state index contributed by atoms with van der Waals surface area (Å²) in [6.45, 7) is 5.01. The summed E-state index contributed by atoms with van der Waals surface area (Å²) >= 11 is 0. The summed E-state index contributed by atoms with van der Waals surface area (Å²) in [6, 6.07) is 3.67. The number of aromatic nitrogens is 2. The number of nitrogens with zero attached hydrogens (tertiary/aromatic N) is 2. The second-order valence-electron chi connectivity index (χ2n) is 5.01. The van der Waals surface area contributed by atoms with Crippen molar-refractivity contribution < 1.29 is 8.78 Å². The van der Waals surface area contributed by atoms with Crippen LogP contribution in [0.1, 0.15) is 20.3 Å². The summed E-state index contributed by atoms with van der Waals surface area (Å²) in [6.07, 6.45) is 2.71. The first-order valence-electron chi connectivity index (χ1n) is 6.25. The number of rotatable bonds is 4. The molecule has 1 aromatic heterocycles. The van der Waals surface area contributed by atoms with E-state index in [9.17, 15) is 8.78 Å². The average molecular weight is 265 g/mol. The van der Waals surface area contributed by atoms with Gasteiger partial charge in [0.15, 0.2) is 11.6 Å². The van der Waals surface area contributed by atoms with Crippen LogP contribution in [0, 0.1) is 17.6 Å². The summed E-state index contributed by atoms with van der Waals surface area (Å²) in [4.78, 5) is 0. The van der Waals surface area contributed by atoms with Gasteiger partial charge in [-0.1, -0.05) is 13.8 Å². The Morgan fingerprint density at radius 1 is 1.26 bits per heavy atom. The van der Waals surface area contributed by atoms with E-state index >= 15 is 0 Å². The van der Waals surface area contributed by atoms with Crippen LogP contribution in [-0.4, -0.2) is 9.78 Å². The molecule has 19 heavy (non-hydrogen) atoms. The molecule has 0 unspecified atom stereocenters. The van der Waals surface area contributed by atoms with Crippen LogP contribution in [0.15, 0.2) is 24.4 Å². The van der Waals surface area contributed by atoms with E-state index in [0.717, 1.165) is 25.1 Å². The van der Waals surface area contributed by atoms with Crippen LogP contribution in [0.3, 0.4) is 0 Å². The highest BCUT2D eigenvalue weighted by Crippen LogP contribution is 2.25. The molecule has 0 bridgehead atoms. The number of aryl methyl sites for hydroxylation is 1. The molecule has 0 atom stereocenters. The predicted octanol–water partition coefficient (Wildman–Crippen LogP) is 3.46. The lowest BCUT2D eigenvalue weighted by Crippen LogP contribution is -2.02. The molecule has 2 aromatic rings. The maximum Gasteiger partial charge on any atom is 0.159 e. The lowest BCUT2D eigenvalue weighted by atomic mass is 10.1.